The van der Waals surface area contributed by atoms with Crippen LogP contribution in [0.2, 0.25) is 0 Å². The summed E-state index contributed by atoms with van der Waals surface area (Å²) in [6.07, 6.45) is 1.12. The minimum absolute atomic E-state index is 0.191. The van der Waals surface area contributed by atoms with Gasteiger partial charge < -0.3 is 0 Å². The first-order valence-electron chi connectivity index (χ1n) is 3.34. The average molecular weight is 313 g/mol. The number of sulfone groups is 1. The van der Waals surface area contributed by atoms with E-state index < -0.39 is 9.84 Å². The quantitative estimate of drug-likeness (QED) is 0.641. The fourth-order valence-electron chi connectivity index (χ4n) is 0.841. The normalized spacial score (nSPS) is 11.3. The first kappa shape index (κ1) is 10.7. The number of halogens is 1. The van der Waals surface area contributed by atoms with Crippen molar-refractivity contribution in [2.24, 2.45) is 0 Å². The van der Waals surface area contributed by atoms with Gasteiger partial charge >= 0.3 is 0 Å². The first-order chi connectivity index (χ1) is 5.93. The Balaban J connectivity index is 3.33. The van der Waals surface area contributed by atoms with Crippen LogP contribution >= 0.6 is 22.6 Å². The zero-order valence-corrected chi connectivity index (χ0v) is 9.76. The number of hydrogen-bond donors (Lipinski definition) is 2. The lowest BCUT2D eigenvalue weighted by molar-refractivity contribution is 0.388. The third kappa shape index (κ3) is 2.82. The van der Waals surface area contributed by atoms with Gasteiger partial charge in [0.15, 0.2) is 9.84 Å². The third-order valence-corrected chi connectivity index (χ3v) is 3.14. The Bertz CT molecular complexity index is 416. The van der Waals surface area contributed by atoms with E-state index in [0.29, 0.717) is 5.69 Å². The Morgan fingerprint density at radius 2 is 2.00 bits per heavy atom. The molecule has 0 spiro atoms. The van der Waals surface area contributed by atoms with Crippen LogP contribution in [0.5, 0.6) is 0 Å². The molecule has 0 fully saturated rings. The average Bonchev–Trinajstić information content (AvgIpc) is 2.01. The summed E-state index contributed by atoms with van der Waals surface area (Å²) in [6, 6.07) is 4.55. The highest BCUT2D eigenvalue weighted by atomic mass is 127. The summed E-state index contributed by atoms with van der Waals surface area (Å²) in [6.45, 7) is 0. The van der Waals surface area contributed by atoms with E-state index in [0.717, 1.165) is 9.83 Å². The van der Waals surface area contributed by atoms with Gasteiger partial charge in [-0.25, -0.2) is 8.42 Å². The lowest BCUT2D eigenvalue weighted by Crippen LogP contribution is -1.99. The molecular formula is C7H8INO3S. The van der Waals surface area contributed by atoms with Gasteiger partial charge in [-0.15, -0.1) is 0 Å². The summed E-state index contributed by atoms with van der Waals surface area (Å²) < 4.78 is 23.0. The van der Waals surface area contributed by atoms with E-state index >= 15 is 0 Å². The molecule has 6 heteroatoms. The Hall–Kier alpha value is -0.340. The highest BCUT2D eigenvalue weighted by molar-refractivity contribution is 14.1. The molecule has 1 aromatic rings. The van der Waals surface area contributed by atoms with Crippen molar-refractivity contribution in [1.82, 2.24) is 0 Å². The standard InChI is InChI=1S/C7H8INO3S/c1-13(11,12)7-3-5(8)2-6(4-7)9-10/h2-4,9-10H,1H3. The summed E-state index contributed by atoms with van der Waals surface area (Å²) in [5.74, 6) is 0. The molecule has 2 N–H and O–H groups in total. The number of benzene rings is 1. The number of nitrogens with one attached hydrogen (secondary N) is 1. The van der Waals surface area contributed by atoms with Gasteiger partial charge in [0.25, 0.3) is 0 Å². The molecular weight excluding hydrogens is 305 g/mol. The van der Waals surface area contributed by atoms with Gasteiger partial charge in [0, 0.05) is 9.83 Å². The molecule has 0 bridgehead atoms. The summed E-state index contributed by atoms with van der Waals surface area (Å²) in [5.41, 5.74) is 2.28. The summed E-state index contributed by atoms with van der Waals surface area (Å²) in [4.78, 5) is 0.191. The van der Waals surface area contributed by atoms with Crippen molar-refractivity contribution in [3.05, 3.63) is 21.8 Å². The van der Waals surface area contributed by atoms with Crippen LogP contribution in [0.1, 0.15) is 0 Å². The molecule has 0 aromatic heterocycles. The molecule has 0 saturated heterocycles. The van der Waals surface area contributed by atoms with Crippen LogP contribution in [0.15, 0.2) is 23.1 Å². The Morgan fingerprint density at radius 1 is 1.38 bits per heavy atom. The van der Waals surface area contributed by atoms with Gasteiger partial charge in [-0.1, -0.05) is 0 Å². The second kappa shape index (κ2) is 3.81. The van der Waals surface area contributed by atoms with Crippen molar-refractivity contribution in [3.8, 4) is 0 Å². The smallest absolute Gasteiger partial charge is 0.175 e. The van der Waals surface area contributed by atoms with Crippen molar-refractivity contribution < 1.29 is 13.6 Å². The fraction of sp³-hybridized carbons (Fsp3) is 0.143. The van der Waals surface area contributed by atoms with E-state index in [4.69, 9.17) is 5.21 Å². The van der Waals surface area contributed by atoms with Crippen molar-refractivity contribution in [2.75, 3.05) is 11.7 Å². The van der Waals surface area contributed by atoms with Gasteiger partial charge in [-0.2, -0.15) is 0 Å². The second-order valence-corrected chi connectivity index (χ2v) is 5.82. The number of hydrogen-bond acceptors (Lipinski definition) is 4. The molecule has 0 heterocycles. The molecule has 0 saturated carbocycles. The SMILES string of the molecule is CS(=O)(=O)c1cc(I)cc(NO)c1. The maximum Gasteiger partial charge on any atom is 0.175 e. The predicted molar refractivity (Wildman–Crippen MR) is 57.7 cm³/mol. The molecule has 0 aliphatic rings. The molecule has 0 unspecified atom stereocenters. The maximum atomic E-state index is 11.1. The van der Waals surface area contributed by atoms with E-state index in [1.165, 1.54) is 12.1 Å². The molecule has 0 atom stereocenters. The molecule has 0 radical (unpaired) electrons. The highest BCUT2D eigenvalue weighted by Crippen LogP contribution is 2.19. The summed E-state index contributed by atoms with van der Waals surface area (Å²) in [7, 11) is -3.21. The Kier molecular flexibility index (Phi) is 3.14. The third-order valence-electron chi connectivity index (χ3n) is 1.43. The van der Waals surface area contributed by atoms with Crippen LogP contribution in [0.25, 0.3) is 0 Å². The van der Waals surface area contributed by atoms with E-state index in [2.05, 4.69) is 0 Å². The van der Waals surface area contributed by atoms with Crippen LogP contribution in [-0.2, 0) is 9.84 Å². The van der Waals surface area contributed by atoms with Crippen molar-refractivity contribution in [3.63, 3.8) is 0 Å². The highest BCUT2D eigenvalue weighted by Gasteiger charge is 2.08. The summed E-state index contributed by atoms with van der Waals surface area (Å²) >= 11 is 1.98. The lowest BCUT2D eigenvalue weighted by Gasteiger charge is -2.03. The van der Waals surface area contributed by atoms with Crippen molar-refractivity contribution in [1.29, 1.82) is 0 Å². The maximum absolute atomic E-state index is 11.1. The molecule has 72 valence electrons. The minimum atomic E-state index is -3.21. The summed E-state index contributed by atoms with van der Waals surface area (Å²) in [5, 5.41) is 8.60. The molecule has 0 amide bonds. The second-order valence-electron chi connectivity index (χ2n) is 2.56. The molecule has 1 aromatic carbocycles. The van der Waals surface area contributed by atoms with Gasteiger partial charge in [0.1, 0.15) is 0 Å². The van der Waals surface area contributed by atoms with Crippen LogP contribution < -0.4 is 5.48 Å². The van der Waals surface area contributed by atoms with Gasteiger partial charge in [0.05, 0.1) is 10.6 Å². The monoisotopic (exact) mass is 313 g/mol. The van der Waals surface area contributed by atoms with E-state index in [1.807, 2.05) is 28.1 Å². The first-order valence-corrected chi connectivity index (χ1v) is 6.31. The van der Waals surface area contributed by atoms with Crippen molar-refractivity contribution >= 4 is 38.1 Å². The number of anilines is 1. The topological polar surface area (TPSA) is 66.4 Å². The predicted octanol–water partition coefficient (Wildman–Crippen LogP) is 1.50. The van der Waals surface area contributed by atoms with E-state index in [9.17, 15) is 8.42 Å². The Labute approximate surface area is 90.0 Å². The largest absolute Gasteiger partial charge is 0.291 e. The molecule has 1 rings (SSSR count). The van der Waals surface area contributed by atoms with Crippen molar-refractivity contribution in [2.45, 2.75) is 4.90 Å². The van der Waals surface area contributed by atoms with Gasteiger partial charge in [0.2, 0.25) is 0 Å². The van der Waals surface area contributed by atoms with Crippen LogP contribution in [-0.4, -0.2) is 19.9 Å². The van der Waals surface area contributed by atoms with Gasteiger partial charge in [-0.3, -0.25) is 10.7 Å². The van der Waals surface area contributed by atoms with Crippen LogP contribution in [0.3, 0.4) is 0 Å². The Morgan fingerprint density at radius 3 is 2.46 bits per heavy atom. The van der Waals surface area contributed by atoms with E-state index in [1.54, 1.807) is 6.07 Å². The van der Waals surface area contributed by atoms with Crippen LogP contribution in [0.4, 0.5) is 5.69 Å². The molecule has 13 heavy (non-hydrogen) atoms. The lowest BCUT2D eigenvalue weighted by atomic mass is 10.3. The fourth-order valence-corrected chi connectivity index (χ4v) is 2.41. The van der Waals surface area contributed by atoms with E-state index in [-0.39, 0.29) is 4.90 Å². The van der Waals surface area contributed by atoms with Gasteiger partial charge in [-0.05, 0) is 40.8 Å². The molecule has 4 nitrogen and oxygen atoms in total. The number of rotatable bonds is 2. The zero-order valence-electron chi connectivity index (χ0n) is 6.78. The zero-order chi connectivity index (χ0) is 10.1. The molecule has 0 aliphatic heterocycles. The minimum Gasteiger partial charge on any atom is -0.291 e. The molecule has 0 aliphatic carbocycles. The van der Waals surface area contributed by atoms with Crippen LogP contribution in [0, 0.1) is 3.57 Å².